The number of imidazole rings is 1. The van der Waals surface area contributed by atoms with Gasteiger partial charge in [0, 0.05) is 63.5 Å². The quantitative estimate of drug-likeness (QED) is 0.0757. The first kappa shape index (κ1) is 45.1. The number of nitrogens with one attached hydrogen (secondary N) is 2. The van der Waals surface area contributed by atoms with E-state index in [2.05, 4.69) is 30.4 Å². The van der Waals surface area contributed by atoms with Gasteiger partial charge in [0.2, 0.25) is 11.8 Å². The van der Waals surface area contributed by atoms with Gasteiger partial charge < -0.3 is 34.9 Å². The summed E-state index contributed by atoms with van der Waals surface area (Å²) in [4.78, 5) is 68.4. The molecule has 0 bridgehead atoms. The van der Waals surface area contributed by atoms with Crippen molar-refractivity contribution in [2.45, 2.75) is 25.8 Å². The van der Waals surface area contributed by atoms with E-state index in [1.165, 1.54) is 12.1 Å². The normalized spacial score (nSPS) is 16.8. The molecular formula is C45H50F2N10O8. The lowest BCUT2D eigenvalue weighted by Gasteiger charge is -2.36. The number of imide groups is 2. The van der Waals surface area contributed by atoms with Crippen LogP contribution in [0.5, 0.6) is 0 Å². The van der Waals surface area contributed by atoms with E-state index >= 15 is 4.39 Å². The van der Waals surface area contributed by atoms with Crippen molar-refractivity contribution in [2.24, 2.45) is 0 Å². The van der Waals surface area contributed by atoms with E-state index in [0.29, 0.717) is 93.5 Å². The molecule has 1 atom stereocenters. The molecule has 4 amide bonds. The Hall–Kier alpha value is -6.45. The first-order valence-electron chi connectivity index (χ1n) is 21.5. The van der Waals surface area contributed by atoms with E-state index in [9.17, 15) is 23.6 Å². The van der Waals surface area contributed by atoms with Crippen LogP contribution < -0.4 is 21.3 Å². The number of nitrogen functional groups attached to an aromatic ring is 1. The largest absolute Gasteiger partial charge is 0.384 e. The Bertz CT molecular complexity index is 2570. The number of pyridine rings is 2. The van der Waals surface area contributed by atoms with E-state index in [4.69, 9.17) is 29.7 Å². The van der Waals surface area contributed by atoms with Gasteiger partial charge in [0.15, 0.2) is 5.65 Å². The number of aromatic nitrogens is 4. The Labute approximate surface area is 373 Å². The van der Waals surface area contributed by atoms with Gasteiger partial charge in [0.05, 0.1) is 86.7 Å². The van der Waals surface area contributed by atoms with Crippen LogP contribution in [0.1, 0.15) is 39.4 Å². The van der Waals surface area contributed by atoms with E-state index in [1.54, 1.807) is 12.3 Å². The summed E-state index contributed by atoms with van der Waals surface area (Å²) < 4.78 is 54.8. The van der Waals surface area contributed by atoms with Crippen molar-refractivity contribution in [3.05, 3.63) is 89.4 Å². The molecule has 8 rings (SSSR count). The van der Waals surface area contributed by atoms with Gasteiger partial charge in [-0.05, 0) is 61.9 Å². The second-order valence-corrected chi connectivity index (χ2v) is 15.7. The number of piperidine rings is 1. The molecular weight excluding hydrogens is 847 g/mol. The maximum absolute atomic E-state index is 15.7. The number of nitrogens with zero attached hydrogens (tertiary/aromatic N) is 7. The van der Waals surface area contributed by atoms with Crippen molar-refractivity contribution in [2.75, 3.05) is 108 Å². The Morgan fingerprint density at radius 3 is 2.17 bits per heavy atom. The summed E-state index contributed by atoms with van der Waals surface area (Å²) in [5.74, 6) is -2.62. The van der Waals surface area contributed by atoms with Gasteiger partial charge in [-0.2, -0.15) is 0 Å². The first-order valence-corrected chi connectivity index (χ1v) is 21.5. The molecule has 18 nitrogen and oxygen atoms in total. The third-order valence-electron chi connectivity index (χ3n) is 11.4. The number of hydrogen-bond donors (Lipinski definition) is 3. The third-order valence-corrected chi connectivity index (χ3v) is 11.4. The predicted molar refractivity (Wildman–Crippen MR) is 235 cm³/mol. The van der Waals surface area contributed by atoms with Crippen LogP contribution in [0.3, 0.4) is 0 Å². The molecule has 4 N–H and O–H groups in total. The van der Waals surface area contributed by atoms with Crippen LogP contribution in [0.25, 0.3) is 28.1 Å². The molecule has 2 aromatic carbocycles. The van der Waals surface area contributed by atoms with E-state index in [1.807, 2.05) is 41.8 Å². The third kappa shape index (κ3) is 10.4. The monoisotopic (exact) mass is 896 g/mol. The summed E-state index contributed by atoms with van der Waals surface area (Å²) in [5.41, 5.74) is 9.86. The molecule has 0 aliphatic carbocycles. The van der Waals surface area contributed by atoms with E-state index in [-0.39, 0.29) is 48.6 Å². The fourth-order valence-corrected chi connectivity index (χ4v) is 8.09. The zero-order chi connectivity index (χ0) is 45.5. The van der Waals surface area contributed by atoms with Gasteiger partial charge in [-0.3, -0.25) is 38.9 Å². The van der Waals surface area contributed by atoms with Crippen molar-refractivity contribution in [3.8, 4) is 16.9 Å². The van der Waals surface area contributed by atoms with Crippen LogP contribution in [0, 0.1) is 18.6 Å². The van der Waals surface area contributed by atoms with Gasteiger partial charge in [-0.15, -0.1) is 0 Å². The molecule has 2 fully saturated rings. The molecule has 0 spiro atoms. The van der Waals surface area contributed by atoms with E-state index in [0.717, 1.165) is 41.9 Å². The zero-order valence-electron chi connectivity index (χ0n) is 35.9. The molecule has 0 radical (unpaired) electrons. The fourth-order valence-electron chi connectivity index (χ4n) is 8.09. The van der Waals surface area contributed by atoms with Crippen molar-refractivity contribution in [3.63, 3.8) is 0 Å². The molecule has 342 valence electrons. The molecule has 0 saturated carbocycles. The second kappa shape index (κ2) is 20.6. The summed E-state index contributed by atoms with van der Waals surface area (Å²) in [6.45, 7) is 8.84. The maximum atomic E-state index is 15.7. The van der Waals surface area contributed by atoms with Crippen LogP contribution >= 0.6 is 0 Å². The van der Waals surface area contributed by atoms with Gasteiger partial charge in [0.1, 0.15) is 34.8 Å². The topological polar surface area (TPSA) is 209 Å². The maximum Gasteiger partial charge on any atom is 0.262 e. The Morgan fingerprint density at radius 1 is 0.785 bits per heavy atom. The number of ether oxygens (including phenoxy) is 4. The highest BCUT2D eigenvalue weighted by Crippen LogP contribution is 2.32. The summed E-state index contributed by atoms with van der Waals surface area (Å²) in [6, 6.07) is 13.8. The molecule has 1 unspecified atom stereocenters. The molecule has 20 heteroatoms. The Morgan fingerprint density at radius 2 is 1.48 bits per heavy atom. The molecule has 6 heterocycles. The number of halogens is 2. The number of hydrogen-bond acceptors (Lipinski definition) is 15. The Balaban J connectivity index is 0.659. The van der Waals surface area contributed by atoms with Crippen LogP contribution in [-0.4, -0.2) is 151 Å². The highest BCUT2D eigenvalue weighted by atomic mass is 19.1. The number of fused-ring (bicyclic) bond motifs is 2. The second-order valence-electron chi connectivity index (χ2n) is 15.7. The summed E-state index contributed by atoms with van der Waals surface area (Å²) in [7, 11) is 0. The number of nitrogens with two attached hydrogens (primary N) is 1. The molecule has 3 aliphatic heterocycles. The standard InChI is InChI=1S/C45H50F2N10O8/c1-28-51-36-4-3-35(29-8-9-50-40(48)24-29)52-42(36)56(28)30-2-5-38(34(47)25-30)55-13-11-54(12-14-55)15-17-63-19-21-65-23-22-64-20-18-62-16-10-49-37-27-32-31(26-33(37)46)44(60)57(45(32)61)39-6-7-41(58)53-43(39)59/h2-5,8-9,24-27,39,49H,6-7,10-23H2,1H3,(H2,48,50)(H,53,58,59). The predicted octanol–water partition coefficient (Wildman–Crippen LogP) is 3.35. The minimum absolute atomic E-state index is 0.00679. The average molecular weight is 897 g/mol. The summed E-state index contributed by atoms with van der Waals surface area (Å²) in [5, 5.41) is 5.00. The smallest absolute Gasteiger partial charge is 0.262 e. The van der Waals surface area contributed by atoms with Crippen molar-refractivity contribution in [1.82, 2.24) is 34.6 Å². The zero-order valence-corrected chi connectivity index (χ0v) is 35.9. The van der Waals surface area contributed by atoms with Crippen LogP contribution in [0.15, 0.2) is 60.8 Å². The highest BCUT2D eigenvalue weighted by Gasteiger charge is 2.45. The lowest BCUT2D eigenvalue weighted by atomic mass is 10.0. The molecule has 3 aromatic heterocycles. The molecule has 65 heavy (non-hydrogen) atoms. The number of piperazine rings is 1. The van der Waals surface area contributed by atoms with Crippen molar-refractivity contribution < 1.29 is 46.9 Å². The number of amides is 4. The number of benzene rings is 2. The van der Waals surface area contributed by atoms with Crippen LogP contribution in [-0.2, 0) is 28.5 Å². The number of carbonyl (C=O) groups excluding carboxylic acids is 4. The van der Waals surface area contributed by atoms with Gasteiger partial charge in [-0.1, -0.05) is 0 Å². The van der Waals surface area contributed by atoms with Gasteiger partial charge in [-0.25, -0.2) is 23.7 Å². The van der Waals surface area contributed by atoms with Gasteiger partial charge in [0.25, 0.3) is 11.8 Å². The van der Waals surface area contributed by atoms with Crippen LogP contribution in [0.2, 0.25) is 0 Å². The van der Waals surface area contributed by atoms with Crippen molar-refractivity contribution in [1.29, 1.82) is 0 Å². The minimum Gasteiger partial charge on any atom is -0.384 e. The minimum atomic E-state index is -1.13. The summed E-state index contributed by atoms with van der Waals surface area (Å²) >= 11 is 0. The Kier molecular flexibility index (Phi) is 14.3. The van der Waals surface area contributed by atoms with Gasteiger partial charge >= 0.3 is 0 Å². The van der Waals surface area contributed by atoms with Crippen LogP contribution in [0.4, 0.5) is 26.0 Å². The average Bonchev–Trinajstić information content (AvgIpc) is 3.75. The van der Waals surface area contributed by atoms with Crippen molar-refractivity contribution >= 4 is 52.0 Å². The highest BCUT2D eigenvalue weighted by molar-refractivity contribution is 6.23. The number of rotatable bonds is 20. The summed E-state index contributed by atoms with van der Waals surface area (Å²) in [6.07, 6.45) is 1.65. The lowest BCUT2D eigenvalue weighted by molar-refractivity contribution is -0.136. The SMILES string of the molecule is Cc1nc2ccc(-c3ccnc(N)c3)nc2n1-c1ccc(N2CCN(CCOCCOCCOCCOCCNc3cc4c(cc3F)C(=O)N(C3CCC(=O)NC3=O)C4=O)CC2)c(F)c1. The number of anilines is 3. The first-order chi connectivity index (χ1) is 31.5. The fraction of sp³-hybridized carbons (Fsp3) is 0.400. The lowest BCUT2D eigenvalue weighted by Crippen LogP contribution is -2.54. The molecule has 3 aliphatic rings. The molecule has 5 aromatic rings. The number of carbonyl (C=O) groups is 4. The molecule has 2 saturated heterocycles. The van der Waals surface area contributed by atoms with E-state index < -0.39 is 35.5 Å². The number of aryl methyl sites for hydroxylation is 1.